The van der Waals surface area contributed by atoms with Gasteiger partial charge in [0.05, 0.1) is 0 Å². The Morgan fingerprint density at radius 1 is 1.58 bits per heavy atom. The molecule has 0 spiro atoms. The van der Waals surface area contributed by atoms with Crippen LogP contribution in [0.2, 0.25) is 0 Å². The van der Waals surface area contributed by atoms with E-state index < -0.39 is 0 Å². The lowest BCUT2D eigenvalue weighted by molar-refractivity contribution is -0.117. The highest BCUT2D eigenvalue weighted by atomic mass is 32.2. The van der Waals surface area contributed by atoms with Crippen LogP contribution < -0.4 is 5.43 Å². The van der Waals surface area contributed by atoms with E-state index in [1.807, 2.05) is 6.92 Å². The quantitative estimate of drug-likeness (QED) is 0.650. The minimum atomic E-state index is -0.145. The third kappa shape index (κ3) is 2.34. The summed E-state index contributed by atoms with van der Waals surface area (Å²) in [5.74, 6) is -0.145. The number of carbonyl (C=O) groups excluding carboxylic acids is 1. The fourth-order valence-corrected chi connectivity index (χ4v) is 1.28. The van der Waals surface area contributed by atoms with Crippen LogP contribution in [-0.4, -0.2) is 16.1 Å². The fourth-order valence-electron chi connectivity index (χ4n) is 0.619. The highest BCUT2D eigenvalue weighted by Crippen LogP contribution is 2.15. The van der Waals surface area contributed by atoms with Crippen LogP contribution >= 0.6 is 11.8 Å². The van der Waals surface area contributed by atoms with E-state index in [0.717, 1.165) is 11.5 Å². The van der Waals surface area contributed by atoms with E-state index >= 15 is 0 Å². The summed E-state index contributed by atoms with van der Waals surface area (Å²) in [4.78, 5) is 14.6. The lowest BCUT2D eigenvalue weighted by Gasteiger charge is -1.90. The van der Waals surface area contributed by atoms with Gasteiger partial charge in [-0.25, -0.2) is 0 Å². The molecular weight excluding hydrogens is 174 g/mol. The zero-order valence-corrected chi connectivity index (χ0v) is 7.89. The number of aliphatic imine (C=N–C) groups is 1. The number of carbonyl (C=O) groups is 1. The summed E-state index contributed by atoms with van der Waals surface area (Å²) in [5, 5.41) is 5.23. The molecule has 0 saturated heterocycles. The average molecular weight is 184 g/mol. The zero-order chi connectivity index (χ0) is 8.97. The number of amidine groups is 1. The van der Waals surface area contributed by atoms with E-state index in [0.29, 0.717) is 11.6 Å². The highest BCUT2D eigenvalue weighted by Gasteiger charge is 2.15. The van der Waals surface area contributed by atoms with Crippen LogP contribution in [-0.2, 0) is 4.79 Å². The zero-order valence-electron chi connectivity index (χ0n) is 7.07. The first kappa shape index (κ1) is 9.25. The Hall–Kier alpha value is -0.840. The molecule has 5 heteroatoms. The van der Waals surface area contributed by atoms with Crippen molar-refractivity contribution in [1.82, 2.24) is 5.43 Å². The van der Waals surface area contributed by atoms with Gasteiger partial charge < -0.3 is 0 Å². The molecule has 1 aliphatic rings. The van der Waals surface area contributed by atoms with Crippen molar-refractivity contribution in [2.75, 3.05) is 0 Å². The Morgan fingerprint density at radius 3 is 2.83 bits per heavy atom. The molecule has 0 atom stereocenters. The van der Waals surface area contributed by atoms with Gasteiger partial charge in [0.15, 0.2) is 0 Å². The molecule has 0 bridgehead atoms. The number of hydrogen-bond donors (Lipinski definition) is 0. The van der Waals surface area contributed by atoms with Crippen molar-refractivity contribution in [3.05, 3.63) is 0 Å². The van der Waals surface area contributed by atoms with Crippen molar-refractivity contribution in [2.24, 2.45) is 10.1 Å². The third-order valence-corrected chi connectivity index (χ3v) is 2.24. The van der Waals surface area contributed by atoms with Crippen LogP contribution in [0.25, 0.3) is 0 Å². The molecule has 0 aromatic rings. The molecule has 1 aliphatic heterocycles. The summed E-state index contributed by atoms with van der Waals surface area (Å²) in [6.45, 7) is 3.76. The number of hydrogen-bond acceptors (Lipinski definition) is 3. The van der Waals surface area contributed by atoms with Gasteiger partial charge in [-0.2, -0.15) is 4.99 Å². The van der Waals surface area contributed by atoms with Gasteiger partial charge >= 0.3 is 0 Å². The second-order valence-corrected chi connectivity index (χ2v) is 3.23. The van der Waals surface area contributed by atoms with Gasteiger partial charge in [-0.3, -0.25) is 4.79 Å². The molecule has 0 aliphatic carbocycles. The second-order valence-electron chi connectivity index (χ2n) is 2.19. The predicted octanol–water partition coefficient (Wildman–Crippen LogP) is 1.35. The number of rotatable bonds is 2. The van der Waals surface area contributed by atoms with Gasteiger partial charge in [0, 0.05) is 6.42 Å². The smallest absolute Gasteiger partial charge is 0.247 e. The maximum atomic E-state index is 10.9. The number of nitrogens with zero attached hydrogens (tertiary/aromatic N) is 3. The first-order valence-electron chi connectivity index (χ1n) is 3.83. The van der Waals surface area contributed by atoms with E-state index in [1.165, 1.54) is 11.8 Å². The molecule has 0 N–H and O–H groups in total. The van der Waals surface area contributed by atoms with Crippen molar-refractivity contribution >= 4 is 27.9 Å². The number of thioether (sulfide) groups is 1. The molecule has 1 amide bonds. The minimum Gasteiger partial charge on any atom is -0.273 e. The summed E-state index contributed by atoms with van der Waals surface area (Å²) >= 11 is 1.37. The van der Waals surface area contributed by atoms with Gasteiger partial charge in [0.1, 0.15) is 5.04 Å². The first-order valence-corrected chi connectivity index (χ1v) is 4.64. The summed E-state index contributed by atoms with van der Waals surface area (Å²) < 4.78 is 0. The van der Waals surface area contributed by atoms with E-state index in [2.05, 4.69) is 15.5 Å². The lowest BCUT2D eigenvalue weighted by atomic mass is 10.5. The Morgan fingerprint density at radius 2 is 2.33 bits per heavy atom. The Balaban J connectivity index is 2.50. The summed E-state index contributed by atoms with van der Waals surface area (Å²) in [5.41, 5.74) is 3.76. The van der Waals surface area contributed by atoms with Crippen molar-refractivity contribution in [3.63, 3.8) is 0 Å². The Labute approximate surface area is 75.5 Å². The molecule has 1 radical (unpaired) electrons. The van der Waals surface area contributed by atoms with E-state index in [4.69, 9.17) is 0 Å². The standard InChI is InChI=1S/C7H10N3OS/c1-3-5(11)8-7-10-9-6(4-2)12-7/h3-4H2,1-2H3. The lowest BCUT2D eigenvalue weighted by Crippen LogP contribution is -2.03. The Kier molecular flexibility index (Phi) is 3.28. The fraction of sp³-hybridized carbons (Fsp3) is 0.571. The predicted molar refractivity (Wildman–Crippen MR) is 50.2 cm³/mol. The number of amides is 1. The minimum absolute atomic E-state index is 0.145. The molecular formula is C7H10N3OS. The summed E-state index contributed by atoms with van der Waals surface area (Å²) in [7, 11) is 0. The molecule has 1 heterocycles. The molecule has 0 aromatic carbocycles. The second kappa shape index (κ2) is 4.25. The van der Waals surface area contributed by atoms with Crippen LogP contribution in [0.5, 0.6) is 0 Å². The molecule has 12 heavy (non-hydrogen) atoms. The van der Waals surface area contributed by atoms with Crippen molar-refractivity contribution in [3.8, 4) is 0 Å². The van der Waals surface area contributed by atoms with Crippen LogP contribution in [0, 0.1) is 0 Å². The summed E-state index contributed by atoms with van der Waals surface area (Å²) in [6, 6.07) is 0. The van der Waals surface area contributed by atoms with Crippen LogP contribution in [0.15, 0.2) is 10.1 Å². The molecule has 1 rings (SSSR count). The first-order chi connectivity index (χ1) is 5.76. The van der Waals surface area contributed by atoms with Crippen molar-refractivity contribution < 1.29 is 4.79 Å². The maximum absolute atomic E-state index is 10.9. The van der Waals surface area contributed by atoms with Gasteiger partial charge in [-0.15, -0.1) is 10.5 Å². The largest absolute Gasteiger partial charge is 0.273 e. The van der Waals surface area contributed by atoms with Crippen molar-refractivity contribution in [1.29, 1.82) is 0 Å². The third-order valence-electron chi connectivity index (χ3n) is 1.28. The normalized spacial score (nSPS) is 19.2. The topological polar surface area (TPSA) is 55.9 Å². The van der Waals surface area contributed by atoms with Crippen LogP contribution in [0.1, 0.15) is 26.7 Å². The Bertz CT molecular complexity index is 247. The molecule has 0 aromatic heterocycles. The van der Waals surface area contributed by atoms with E-state index in [1.54, 1.807) is 6.92 Å². The summed E-state index contributed by atoms with van der Waals surface area (Å²) in [6.07, 6.45) is 1.26. The molecule has 4 nitrogen and oxygen atoms in total. The van der Waals surface area contributed by atoms with E-state index in [-0.39, 0.29) is 5.91 Å². The van der Waals surface area contributed by atoms with Crippen LogP contribution in [0.4, 0.5) is 0 Å². The average Bonchev–Trinajstić information content (AvgIpc) is 2.52. The van der Waals surface area contributed by atoms with Gasteiger partial charge in [0.2, 0.25) is 11.1 Å². The van der Waals surface area contributed by atoms with Gasteiger partial charge in [-0.1, -0.05) is 13.8 Å². The molecule has 0 saturated carbocycles. The SMILES string of the molecule is CCC(=O)N=C1[N]N=C(CC)S1. The monoisotopic (exact) mass is 184 g/mol. The van der Waals surface area contributed by atoms with E-state index in [9.17, 15) is 4.79 Å². The molecule has 65 valence electrons. The van der Waals surface area contributed by atoms with Crippen LogP contribution in [0.3, 0.4) is 0 Å². The molecule has 0 unspecified atom stereocenters. The van der Waals surface area contributed by atoms with Gasteiger partial charge in [0.25, 0.3) is 0 Å². The molecule has 0 fully saturated rings. The van der Waals surface area contributed by atoms with Gasteiger partial charge in [-0.05, 0) is 18.2 Å². The highest BCUT2D eigenvalue weighted by molar-refractivity contribution is 8.26. The maximum Gasteiger partial charge on any atom is 0.247 e. The van der Waals surface area contributed by atoms with Crippen molar-refractivity contribution in [2.45, 2.75) is 26.7 Å².